The molecule has 0 bridgehead atoms. The van der Waals surface area contributed by atoms with Crippen molar-refractivity contribution in [3.05, 3.63) is 47.0 Å². The topological polar surface area (TPSA) is 56.2 Å². The predicted molar refractivity (Wildman–Crippen MR) is 88.4 cm³/mol. The number of nitrogens with one attached hydrogen (secondary N) is 1. The number of carbonyl (C=O) groups is 1. The summed E-state index contributed by atoms with van der Waals surface area (Å²) >= 11 is 0. The Labute approximate surface area is 140 Å². The molecule has 2 aromatic rings. The van der Waals surface area contributed by atoms with Crippen LogP contribution >= 0.6 is 0 Å². The van der Waals surface area contributed by atoms with E-state index in [9.17, 15) is 9.18 Å². The van der Waals surface area contributed by atoms with Gasteiger partial charge in [0.2, 0.25) is 5.91 Å². The Morgan fingerprint density at radius 2 is 2.25 bits per heavy atom. The zero-order valence-corrected chi connectivity index (χ0v) is 14.2. The van der Waals surface area contributed by atoms with Gasteiger partial charge in [-0.3, -0.25) is 9.48 Å². The maximum absolute atomic E-state index is 13.5. The number of halogens is 1. The first-order valence-corrected chi connectivity index (χ1v) is 8.18. The SMILES string of the molecule is Cc1cc(C)n(C(C)CC(=O)NC2CCOc3ccc(F)cc32)n1. The van der Waals surface area contributed by atoms with E-state index in [1.54, 1.807) is 6.07 Å². The third-order valence-corrected chi connectivity index (χ3v) is 4.29. The van der Waals surface area contributed by atoms with Crippen LogP contribution < -0.4 is 10.1 Å². The zero-order valence-electron chi connectivity index (χ0n) is 14.2. The number of amides is 1. The maximum Gasteiger partial charge on any atom is 0.222 e. The minimum atomic E-state index is -0.325. The largest absolute Gasteiger partial charge is 0.493 e. The first kappa shape index (κ1) is 16.5. The highest BCUT2D eigenvalue weighted by Gasteiger charge is 2.24. The number of carbonyl (C=O) groups excluding carboxylic acids is 1. The van der Waals surface area contributed by atoms with Crippen molar-refractivity contribution in [3.63, 3.8) is 0 Å². The number of benzene rings is 1. The van der Waals surface area contributed by atoms with Crippen LogP contribution in [0.2, 0.25) is 0 Å². The number of ether oxygens (including phenoxy) is 1. The van der Waals surface area contributed by atoms with Gasteiger partial charge in [0.15, 0.2) is 0 Å². The molecule has 1 aliphatic heterocycles. The van der Waals surface area contributed by atoms with Crippen LogP contribution in [0.25, 0.3) is 0 Å². The van der Waals surface area contributed by atoms with Gasteiger partial charge in [-0.15, -0.1) is 0 Å². The second-order valence-corrected chi connectivity index (χ2v) is 6.36. The van der Waals surface area contributed by atoms with E-state index in [2.05, 4.69) is 10.4 Å². The molecule has 0 saturated heterocycles. The quantitative estimate of drug-likeness (QED) is 0.936. The number of aryl methyl sites for hydroxylation is 2. The van der Waals surface area contributed by atoms with Crippen molar-refractivity contribution in [1.29, 1.82) is 0 Å². The second-order valence-electron chi connectivity index (χ2n) is 6.36. The molecule has 2 heterocycles. The summed E-state index contributed by atoms with van der Waals surface area (Å²) in [6, 6.07) is 6.15. The molecule has 2 unspecified atom stereocenters. The average Bonchev–Trinajstić information content (AvgIpc) is 2.86. The van der Waals surface area contributed by atoms with Crippen molar-refractivity contribution in [1.82, 2.24) is 15.1 Å². The monoisotopic (exact) mass is 331 g/mol. The van der Waals surface area contributed by atoms with Crippen LogP contribution in [0.15, 0.2) is 24.3 Å². The highest BCUT2D eigenvalue weighted by Crippen LogP contribution is 2.32. The van der Waals surface area contributed by atoms with Crippen LogP contribution in [0.5, 0.6) is 5.75 Å². The van der Waals surface area contributed by atoms with Crippen molar-refractivity contribution < 1.29 is 13.9 Å². The third-order valence-electron chi connectivity index (χ3n) is 4.29. The summed E-state index contributed by atoms with van der Waals surface area (Å²) in [5, 5.41) is 7.43. The molecule has 1 N–H and O–H groups in total. The van der Waals surface area contributed by atoms with Crippen LogP contribution in [0, 0.1) is 19.7 Å². The summed E-state index contributed by atoms with van der Waals surface area (Å²) in [5.74, 6) is 0.242. The minimum absolute atomic E-state index is 0.0366. The lowest BCUT2D eigenvalue weighted by atomic mass is 10.00. The number of fused-ring (bicyclic) bond motifs is 1. The van der Waals surface area contributed by atoms with E-state index in [1.807, 2.05) is 31.5 Å². The number of hydrogen-bond donors (Lipinski definition) is 1. The van der Waals surface area contributed by atoms with Crippen molar-refractivity contribution in [2.75, 3.05) is 6.61 Å². The molecule has 1 aliphatic rings. The van der Waals surface area contributed by atoms with Crippen molar-refractivity contribution in [2.45, 2.75) is 45.7 Å². The Bertz CT molecular complexity index is 757. The number of rotatable bonds is 4. The molecule has 5 nitrogen and oxygen atoms in total. The number of aromatic nitrogens is 2. The fourth-order valence-corrected chi connectivity index (χ4v) is 3.22. The van der Waals surface area contributed by atoms with E-state index >= 15 is 0 Å². The van der Waals surface area contributed by atoms with Gasteiger partial charge in [-0.25, -0.2) is 4.39 Å². The van der Waals surface area contributed by atoms with Gasteiger partial charge in [-0.1, -0.05) is 0 Å². The van der Waals surface area contributed by atoms with Gasteiger partial charge in [0.25, 0.3) is 0 Å². The van der Waals surface area contributed by atoms with Gasteiger partial charge >= 0.3 is 0 Å². The van der Waals surface area contributed by atoms with Crippen LogP contribution in [0.3, 0.4) is 0 Å². The molecule has 0 radical (unpaired) electrons. The molecule has 0 saturated carbocycles. The third kappa shape index (κ3) is 3.42. The molecule has 1 amide bonds. The standard InChI is InChI=1S/C18H22FN3O2/c1-11-8-12(2)22(21-11)13(3)9-18(23)20-16-6-7-24-17-5-4-14(19)10-15(16)17/h4-5,8,10,13,16H,6-7,9H2,1-3H3,(H,20,23). The van der Waals surface area contributed by atoms with Crippen molar-refractivity contribution in [2.24, 2.45) is 0 Å². The van der Waals surface area contributed by atoms with Gasteiger partial charge in [0.05, 0.1) is 24.4 Å². The lowest BCUT2D eigenvalue weighted by Gasteiger charge is -2.27. The fourth-order valence-electron chi connectivity index (χ4n) is 3.22. The lowest BCUT2D eigenvalue weighted by molar-refractivity contribution is -0.122. The highest BCUT2D eigenvalue weighted by atomic mass is 19.1. The van der Waals surface area contributed by atoms with Gasteiger partial charge in [0, 0.05) is 24.1 Å². The lowest BCUT2D eigenvalue weighted by Crippen LogP contribution is -2.33. The molecular weight excluding hydrogens is 309 g/mol. The van der Waals surface area contributed by atoms with E-state index in [0.717, 1.165) is 11.4 Å². The molecule has 128 valence electrons. The molecular formula is C18H22FN3O2. The van der Waals surface area contributed by atoms with Gasteiger partial charge in [-0.05, 0) is 45.0 Å². The summed E-state index contributed by atoms with van der Waals surface area (Å²) in [4.78, 5) is 12.4. The second kappa shape index (κ2) is 6.63. The normalized spacial score (nSPS) is 17.8. The Hall–Kier alpha value is -2.37. The van der Waals surface area contributed by atoms with E-state index < -0.39 is 0 Å². The Morgan fingerprint density at radius 3 is 2.96 bits per heavy atom. The molecule has 0 aliphatic carbocycles. The molecule has 3 rings (SSSR count). The van der Waals surface area contributed by atoms with Crippen LogP contribution in [-0.2, 0) is 4.79 Å². The molecule has 1 aromatic carbocycles. The first-order chi connectivity index (χ1) is 11.4. The van der Waals surface area contributed by atoms with E-state index in [-0.39, 0.29) is 23.8 Å². The predicted octanol–water partition coefficient (Wildman–Crippen LogP) is 3.23. The molecule has 24 heavy (non-hydrogen) atoms. The van der Waals surface area contributed by atoms with E-state index in [4.69, 9.17) is 4.74 Å². The highest BCUT2D eigenvalue weighted by molar-refractivity contribution is 5.77. The summed E-state index contributed by atoms with van der Waals surface area (Å²) in [6.45, 7) is 6.39. The fraction of sp³-hybridized carbons (Fsp3) is 0.444. The van der Waals surface area contributed by atoms with Crippen LogP contribution in [-0.4, -0.2) is 22.3 Å². The zero-order chi connectivity index (χ0) is 17.3. The smallest absolute Gasteiger partial charge is 0.222 e. The summed E-state index contributed by atoms with van der Waals surface area (Å²) < 4.78 is 20.9. The molecule has 6 heteroatoms. The van der Waals surface area contributed by atoms with E-state index in [0.29, 0.717) is 30.8 Å². The average molecular weight is 331 g/mol. The van der Waals surface area contributed by atoms with Gasteiger partial charge < -0.3 is 10.1 Å². The first-order valence-electron chi connectivity index (χ1n) is 8.18. The summed E-state index contributed by atoms with van der Waals surface area (Å²) in [7, 11) is 0. The van der Waals surface area contributed by atoms with Crippen LogP contribution in [0.1, 0.15) is 48.8 Å². The molecule has 0 spiro atoms. The Balaban J connectivity index is 1.68. The Kier molecular flexibility index (Phi) is 4.55. The van der Waals surface area contributed by atoms with Crippen LogP contribution in [0.4, 0.5) is 4.39 Å². The molecule has 2 atom stereocenters. The maximum atomic E-state index is 13.5. The number of nitrogens with zero attached hydrogens (tertiary/aromatic N) is 2. The molecule has 0 fully saturated rings. The van der Waals surface area contributed by atoms with Crippen molar-refractivity contribution >= 4 is 5.91 Å². The summed E-state index contributed by atoms with van der Waals surface area (Å²) in [6.07, 6.45) is 0.959. The van der Waals surface area contributed by atoms with Gasteiger partial charge in [0.1, 0.15) is 11.6 Å². The van der Waals surface area contributed by atoms with Gasteiger partial charge in [-0.2, -0.15) is 5.10 Å². The van der Waals surface area contributed by atoms with Crippen molar-refractivity contribution in [3.8, 4) is 5.75 Å². The minimum Gasteiger partial charge on any atom is -0.493 e. The molecule has 1 aromatic heterocycles. The summed E-state index contributed by atoms with van der Waals surface area (Å²) in [5.41, 5.74) is 2.67. The number of hydrogen-bond acceptors (Lipinski definition) is 3. The van der Waals surface area contributed by atoms with E-state index in [1.165, 1.54) is 12.1 Å². The Morgan fingerprint density at radius 1 is 1.46 bits per heavy atom.